The van der Waals surface area contributed by atoms with Crippen LogP contribution in [0.2, 0.25) is 0 Å². The number of ether oxygens (including phenoxy) is 1. The Labute approximate surface area is 141 Å². The third-order valence-electron chi connectivity index (χ3n) is 4.51. The molecule has 1 aromatic heterocycles. The molecule has 1 atom stereocenters. The molecule has 0 aliphatic carbocycles. The van der Waals surface area contributed by atoms with Crippen LogP contribution in [0.4, 0.5) is 0 Å². The third-order valence-corrected chi connectivity index (χ3v) is 4.51. The van der Waals surface area contributed by atoms with Crippen LogP contribution in [0.3, 0.4) is 0 Å². The number of nitrogens with one attached hydrogen (secondary N) is 3. The maximum atomic E-state index is 12.2. The van der Waals surface area contributed by atoms with Gasteiger partial charge in [0.1, 0.15) is 0 Å². The molecular formula is C17H23N5O2. The molecule has 1 aliphatic heterocycles. The van der Waals surface area contributed by atoms with Crippen molar-refractivity contribution in [3.8, 4) is 0 Å². The SMILES string of the molecule is C[C@H](NC1(CNC(=O)c2cn[nH]n2)CCOCC1)c1ccccc1. The molecule has 0 spiro atoms. The van der Waals surface area contributed by atoms with Crippen molar-refractivity contribution in [3.63, 3.8) is 0 Å². The van der Waals surface area contributed by atoms with Gasteiger partial charge in [-0.2, -0.15) is 15.4 Å². The molecule has 128 valence electrons. The summed E-state index contributed by atoms with van der Waals surface area (Å²) in [6, 6.07) is 10.5. The summed E-state index contributed by atoms with van der Waals surface area (Å²) in [5, 5.41) is 16.6. The van der Waals surface area contributed by atoms with Gasteiger partial charge in [0.15, 0.2) is 5.69 Å². The van der Waals surface area contributed by atoms with Gasteiger partial charge in [0.05, 0.1) is 6.20 Å². The molecule has 7 nitrogen and oxygen atoms in total. The average Bonchev–Trinajstić information content (AvgIpc) is 3.16. The number of amides is 1. The first-order valence-electron chi connectivity index (χ1n) is 8.23. The van der Waals surface area contributed by atoms with Crippen LogP contribution in [0.15, 0.2) is 36.5 Å². The van der Waals surface area contributed by atoms with Crippen molar-refractivity contribution in [2.24, 2.45) is 0 Å². The Balaban J connectivity index is 1.67. The molecule has 0 bridgehead atoms. The molecule has 3 N–H and O–H groups in total. The summed E-state index contributed by atoms with van der Waals surface area (Å²) in [5.41, 5.74) is 1.34. The summed E-state index contributed by atoms with van der Waals surface area (Å²) < 4.78 is 5.51. The first-order valence-corrected chi connectivity index (χ1v) is 8.23. The Morgan fingerprint density at radius 2 is 2.08 bits per heavy atom. The largest absolute Gasteiger partial charge is 0.381 e. The van der Waals surface area contributed by atoms with Crippen molar-refractivity contribution in [1.29, 1.82) is 0 Å². The number of hydrogen-bond donors (Lipinski definition) is 3. The Morgan fingerprint density at radius 1 is 1.33 bits per heavy atom. The van der Waals surface area contributed by atoms with Crippen molar-refractivity contribution < 1.29 is 9.53 Å². The predicted molar refractivity (Wildman–Crippen MR) is 89.5 cm³/mol. The van der Waals surface area contributed by atoms with E-state index in [2.05, 4.69) is 45.1 Å². The number of aromatic amines is 1. The van der Waals surface area contributed by atoms with E-state index in [0.29, 0.717) is 25.5 Å². The smallest absolute Gasteiger partial charge is 0.273 e. The summed E-state index contributed by atoms with van der Waals surface area (Å²) in [7, 11) is 0. The van der Waals surface area contributed by atoms with Crippen molar-refractivity contribution in [3.05, 3.63) is 47.8 Å². The molecule has 0 unspecified atom stereocenters. The Kier molecular flexibility index (Phi) is 5.22. The van der Waals surface area contributed by atoms with Crippen molar-refractivity contribution in [2.75, 3.05) is 19.8 Å². The molecule has 24 heavy (non-hydrogen) atoms. The van der Waals surface area contributed by atoms with Crippen molar-refractivity contribution in [1.82, 2.24) is 26.0 Å². The van der Waals surface area contributed by atoms with E-state index in [4.69, 9.17) is 4.74 Å². The van der Waals surface area contributed by atoms with Gasteiger partial charge in [0.25, 0.3) is 5.91 Å². The summed E-state index contributed by atoms with van der Waals surface area (Å²) in [6.45, 7) is 4.05. The Bertz CT molecular complexity index is 638. The highest BCUT2D eigenvalue weighted by molar-refractivity contribution is 5.91. The fraction of sp³-hybridized carbons (Fsp3) is 0.471. The fourth-order valence-electron chi connectivity index (χ4n) is 3.07. The molecule has 0 saturated carbocycles. The van der Waals surface area contributed by atoms with Crippen LogP contribution in [0.1, 0.15) is 41.9 Å². The second-order valence-electron chi connectivity index (χ2n) is 6.21. The molecule has 2 heterocycles. The van der Waals surface area contributed by atoms with E-state index < -0.39 is 0 Å². The van der Waals surface area contributed by atoms with Crippen LogP contribution in [0.5, 0.6) is 0 Å². The monoisotopic (exact) mass is 329 g/mol. The van der Waals surface area contributed by atoms with E-state index in [0.717, 1.165) is 12.8 Å². The third kappa shape index (κ3) is 3.98. The minimum absolute atomic E-state index is 0.188. The van der Waals surface area contributed by atoms with E-state index in [1.807, 2.05) is 18.2 Å². The van der Waals surface area contributed by atoms with Gasteiger partial charge in [-0.1, -0.05) is 30.3 Å². The van der Waals surface area contributed by atoms with Crippen LogP contribution >= 0.6 is 0 Å². The summed E-state index contributed by atoms with van der Waals surface area (Å²) >= 11 is 0. The van der Waals surface area contributed by atoms with Gasteiger partial charge in [0, 0.05) is 31.3 Å². The molecule has 1 aromatic carbocycles. The molecule has 3 rings (SSSR count). The zero-order chi connectivity index (χ0) is 16.8. The van der Waals surface area contributed by atoms with Crippen LogP contribution < -0.4 is 10.6 Å². The lowest BCUT2D eigenvalue weighted by molar-refractivity contribution is 0.0332. The van der Waals surface area contributed by atoms with Gasteiger partial charge in [0.2, 0.25) is 0 Å². The highest BCUT2D eigenvalue weighted by Gasteiger charge is 2.34. The summed E-state index contributed by atoms with van der Waals surface area (Å²) in [5.74, 6) is -0.219. The quantitative estimate of drug-likeness (QED) is 0.746. The molecule has 2 aromatic rings. The maximum absolute atomic E-state index is 12.2. The van der Waals surface area contributed by atoms with E-state index in [-0.39, 0.29) is 17.5 Å². The number of carbonyl (C=O) groups is 1. The van der Waals surface area contributed by atoms with E-state index in [9.17, 15) is 4.79 Å². The lowest BCUT2D eigenvalue weighted by atomic mass is 9.88. The molecule has 0 radical (unpaired) electrons. The number of nitrogens with zero attached hydrogens (tertiary/aromatic N) is 2. The number of carbonyl (C=O) groups excluding carboxylic acids is 1. The average molecular weight is 329 g/mol. The number of hydrogen-bond acceptors (Lipinski definition) is 5. The van der Waals surface area contributed by atoms with Gasteiger partial charge in [-0.25, -0.2) is 0 Å². The molecular weight excluding hydrogens is 306 g/mol. The highest BCUT2D eigenvalue weighted by atomic mass is 16.5. The van der Waals surface area contributed by atoms with Gasteiger partial charge in [-0.05, 0) is 25.3 Å². The minimum atomic E-state index is -0.219. The van der Waals surface area contributed by atoms with Crippen LogP contribution in [0, 0.1) is 0 Å². The number of H-pyrrole nitrogens is 1. The number of rotatable bonds is 6. The van der Waals surface area contributed by atoms with Crippen LogP contribution in [-0.2, 0) is 4.74 Å². The molecule has 1 fully saturated rings. The minimum Gasteiger partial charge on any atom is -0.381 e. The van der Waals surface area contributed by atoms with Gasteiger partial charge < -0.3 is 15.4 Å². The lowest BCUT2D eigenvalue weighted by Crippen LogP contribution is -2.57. The topological polar surface area (TPSA) is 91.9 Å². The second-order valence-corrected chi connectivity index (χ2v) is 6.21. The highest BCUT2D eigenvalue weighted by Crippen LogP contribution is 2.25. The first-order chi connectivity index (χ1) is 11.7. The first kappa shape index (κ1) is 16.6. The summed E-state index contributed by atoms with van der Waals surface area (Å²) in [4.78, 5) is 12.2. The molecule has 7 heteroatoms. The molecule has 1 amide bonds. The van der Waals surface area contributed by atoms with Gasteiger partial charge in [-0.15, -0.1) is 0 Å². The summed E-state index contributed by atoms with van der Waals surface area (Å²) in [6.07, 6.45) is 3.12. The maximum Gasteiger partial charge on any atom is 0.273 e. The predicted octanol–water partition coefficient (Wildman–Crippen LogP) is 1.43. The molecule has 1 aliphatic rings. The standard InChI is InChI=1S/C17H23N5O2/c1-13(14-5-3-2-4-6-14)20-17(7-9-24-10-8-17)12-18-16(23)15-11-19-22-21-15/h2-6,11,13,20H,7-10,12H2,1H3,(H,18,23)(H,19,21,22)/t13-/m0/s1. The second kappa shape index (κ2) is 7.55. The normalized spacial score (nSPS) is 18.0. The number of aromatic nitrogens is 3. The van der Waals surface area contributed by atoms with Crippen molar-refractivity contribution in [2.45, 2.75) is 31.3 Å². The number of benzene rings is 1. The lowest BCUT2D eigenvalue weighted by Gasteiger charge is -2.40. The molecule has 1 saturated heterocycles. The van der Waals surface area contributed by atoms with Gasteiger partial charge in [-0.3, -0.25) is 4.79 Å². The zero-order valence-corrected chi connectivity index (χ0v) is 13.8. The zero-order valence-electron chi connectivity index (χ0n) is 13.8. The van der Waals surface area contributed by atoms with Gasteiger partial charge >= 0.3 is 0 Å². The van der Waals surface area contributed by atoms with Crippen LogP contribution in [0.25, 0.3) is 0 Å². The van der Waals surface area contributed by atoms with Crippen LogP contribution in [-0.4, -0.2) is 46.6 Å². The van der Waals surface area contributed by atoms with E-state index in [1.165, 1.54) is 11.8 Å². The fourth-order valence-corrected chi connectivity index (χ4v) is 3.07. The van der Waals surface area contributed by atoms with E-state index >= 15 is 0 Å². The Hall–Kier alpha value is -2.25. The van der Waals surface area contributed by atoms with E-state index in [1.54, 1.807) is 0 Å². The van der Waals surface area contributed by atoms with Crippen molar-refractivity contribution >= 4 is 5.91 Å². The Morgan fingerprint density at radius 3 is 2.75 bits per heavy atom.